The Morgan fingerprint density at radius 1 is 1.12 bits per heavy atom. The summed E-state index contributed by atoms with van der Waals surface area (Å²) in [5.41, 5.74) is 2.60. The number of hydrogen-bond acceptors (Lipinski definition) is 4. The number of methoxy groups -OCH3 is 1. The lowest BCUT2D eigenvalue weighted by Crippen LogP contribution is -2.39. The third-order valence-electron chi connectivity index (χ3n) is 5.13. The molecule has 1 atom stereocenters. The molecule has 2 aliphatic heterocycles. The second kappa shape index (κ2) is 6.69. The minimum atomic E-state index is 0.630. The molecule has 0 bridgehead atoms. The number of hydrogen-bond donors (Lipinski definition) is 0. The van der Waals surface area contributed by atoms with Crippen LogP contribution < -0.4 is 9.64 Å². The van der Waals surface area contributed by atoms with Crippen LogP contribution in [-0.2, 0) is 0 Å². The maximum atomic E-state index is 5.48. The van der Waals surface area contributed by atoms with Crippen LogP contribution in [0.25, 0.3) is 0 Å². The monoisotopic (exact) mass is 340 g/mol. The first-order valence-electron chi connectivity index (χ1n) is 8.76. The maximum absolute atomic E-state index is 5.48. The molecule has 2 aliphatic rings. The standard InChI is InChI=1S/C20H24N2OS/c1-3-21-12-6-7-15(21)14-22-17-8-4-5-9-19(17)24-20-11-10-16(23-2)13-18(20)22/h4-5,8-11,13,15H,3,6-7,12,14H2,1-2H3. The number of likely N-dealkylation sites (tertiary alicyclic amines) is 1. The van der Waals surface area contributed by atoms with Gasteiger partial charge >= 0.3 is 0 Å². The highest BCUT2D eigenvalue weighted by atomic mass is 32.2. The third kappa shape index (κ3) is 2.78. The highest BCUT2D eigenvalue weighted by Gasteiger charge is 2.30. The van der Waals surface area contributed by atoms with Crippen LogP contribution in [0, 0.1) is 0 Å². The van der Waals surface area contributed by atoms with Gasteiger partial charge in [0.25, 0.3) is 0 Å². The summed E-state index contributed by atoms with van der Waals surface area (Å²) >= 11 is 1.86. The van der Waals surface area contributed by atoms with E-state index in [-0.39, 0.29) is 0 Å². The highest BCUT2D eigenvalue weighted by molar-refractivity contribution is 7.99. The van der Waals surface area contributed by atoms with E-state index in [1.165, 1.54) is 40.6 Å². The third-order valence-corrected chi connectivity index (χ3v) is 6.26. The van der Waals surface area contributed by atoms with Crippen LogP contribution in [0.4, 0.5) is 11.4 Å². The molecule has 0 aliphatic carbocycles. The molecule has 4 rings (SSSR count). The molecule has 1 saturated heterocycles. The number of anilines is 2. The van der Waals surface area contributed by atoms with E-state index in [9.17, 15) is 0 Å². The van der Waals surface area contributed by atoms with Gasteiger partial charge in [-0.1, -0.05) is 30.8 Å². The van der Waals surface area contributed by atoms with E-state index < -0.39 is 0 Å². The normalized spacial score (nSPS) is 19.9. The van der Waals surface area contributed by atoms with E-state index in [1.807, 2.05) is 11.8 Å². The fourth-order valence-corrected chi connectivity index (χ4v) is 4.94. The van der Waals surface area contributed by atoms with E-state index in [1.54, 1.807) is 7.11 Å². The number of nitrogens with zero attached hydrogens (tertiary/aromatic N) is 2. The van der Waals surface area contributed by atoms with Crippen molar-refractivity contribution in [3.8, 4) is 5.75 Å². The molecule has 24 heavy (non-hydrogen) atoms. The molecule has 1 unspecified atom stereocenters. The molecule has 2 aromatic carbocycles. The molecule has 2 heterocycles. The van der Waals surface area contributed by atoms with Crippen LogP contribution in [0.3, 0.4) is 0 Å². The summed E-state index contributed by atoms with van der Waals surface area (Å²) in [7, 11) is 1.74. The van der Waals surface area contributed by atoms with Gasteiger partial charge in [-0.05, 0) is 50.2 Å². The van der Waals surface area contributed by atoms with Crippen LogP contribution >= 0.6 is 11.8 Å². The Morgan fingerprint density at radius 3 is 2.79 bits per heavy atom. The lowest BCUT2D eigenvalue weighted by molar-refractivity contribution is 0.272. The summed E-state index contributed by atoms with van der Waals surface area (Å²) in [6.07, 6.45) is 2.60. The molecular weight excluding hydrogens is 316 g/mol. The summed E-state index contributed by atoms with van der Waals surface area (Å²) in [6, 6.07) is 15.8. The largest absolute Gasteiger partial charge is 0.497 e. The minimum Gasteiger partial charge on any atom is -0.497 e. The second-order valence-electron chi connectivity index (χ2n) is 6.44. The fourth-order valence-electron chi connectivity index (χ4n) is 3.86. The first-order chi connectivity index (χ1) is 11.8. The highest BCUT2D eigenvalue weighted by Crippen LogP contribution is 2.49. The minimum absolute atomic E-state index is 0.630. The van der Waals surface area contributed by atoms with Crippen LogP contribution in [0.5, 0.6) is 5.75 Å². The first-order valence-corrected chi connectivity index (χ1v) is 9.58. The van der Waals surface area contributed by atoms with Gasteiger partial charge in [-0.2, -0.15) is 0 Å². The van der Waals surface area contributed by atoms with E-state index in [4.69, 9.17) is 4.74 Å². The zero-order valence-corrected chi connectivity index (χ0v) is 15.2. The quantitative estimate of drug-likeness (QED) is 0.795. The number of benzene rings is 2. The Hall–Kier alpha value is -1.65. The van der Waals surface area contributed by atoms with Gasteiger partial charge in [0, 0.05) is 28.4 Å². The molecule has 0 saturated carbocycles. The topological polar surface area (TPSA) is 15.7 Å². The molecular formula is C20H24N2OS. The van der Waals surface area contributed by atoms with Crippen molar-refractivity contribution >= 4 is 23.1 Å². The Kier molecular flexibility index (Phi) is 4.42. The lowest BCUT2D eigenvalue weighted by Gasteiger charge is -2.36. The predicted molar refractivity (Wildman–Crippen MR) is 101 cm³/mol. The SMILES string of the molecule is CCN1CCCC1CN1c2ccccc2Sc2ccc(OC)cc21. The second-order valence-corrected chi connectivity index (χ2v) is 7.52. The van der Waals surface area contributed by atoms with Crippen LogP contribution in [0.15, 0.2) is 52.3 Å². The van der Waals surface area contributed by atoms with Crippen LogP contribution in [0.2, 0.25) is 0 Å². The number of ether oxygens (including phenoxy) is 1. The van der Waals surface area contributed by atoms with E-state index >= 15 is 0 Å². The van der Waals surface area contributed by atoms with Crippen molar-refractivity contribution in [1.82, 2.24) is 4.90 Å². The predicted octanol–water partition coefficient (Wildman–Crippen LogP) is 4.78. The number of fused-ring (bicyclic) bond motifs is 2. The number of para-hydroxylation sites is 1. The Morgan fingerprint density at radius 2 is 1.96 bits per heavy atom. The lowest BCUT2D eigenvalue weighted by atomic mass is 10.1. The smallest absolute Gasteiger partial charge is 0.121 e. The molecule has 0 spiro atoms. The van der Waals surface area contributed by atoms with Gasteiger partial charge in [-0.15, -0.1) is 0 Å². The zero-order chi connectivity index (χ0) is 16.5. The maximum Gasteiger partial charge on any atom is 0.121 e. The van der Waals surface area contributed by atoms with Gasteiger partial charge in [0.2, 0.25) is 0 Å². The molecule has 4 heteroatoms. The van der Waals surface area contributed by atoms with Crippen molar-refractivity contribution < 1.29 is 4.74 Å². The summed E-state index contributed by atoms with van der Waals surface area (Å²) in [5.74, 6) is 0.928. The summed E-state index contributed by atoms with van der Waals surface area (Å²) in [6.45, 7) is 5.69. The van der Waals surface area contributed by atoms with E-state index in [0.29, 0.717) is 6.04 Å². The van der Waals surface area contributed by atoms with Crippen molar-refractivity contribution in [2.24, 2.45) is 0 Å². The number of likely N-dealkylation sites (N-methyl/N-ethyl adjacent to an activating group) is 1. The van der Waals surface area contributed by atoms with Gasteiger partial charge in [0.15, 0.2) is 0 Å². The van der Waals surface area contributed by atoms with E-state index in [0.717, 1.165) is 18.8 Å². The molecule has 2 aromatic rings. The molecule has 0 amide bonds. The van der Waals surface area contributed by atoms with Gasteiger partial charge in [0.1, 0.15) is 5.75 Å². The van der Waals surface area contributed by atoms with E-state index in [2.05, 4.69) is 59.2 Å². The van der Waals surface area contributed by atoms with Crippen molar-refractivity contribution in [3.05, 3.63) is 42.5 Å². The van der Waals surface area contributed by atoms with Crippen molar-refractivity contribution in [2.75, 3.05) is 31.6 Å². The molecule has 0 aromatic heterocycles. The number of rotatable bonds is 4. The van der Waals surface area contributed by atoms with Crippen molar-refractivity contribution in [2.45, 2.75) is 35.6 Å². The van der Waals surface area contributed by atoms with Crippen LogP contribution in [0.1, 0.15) is 19.8 Å². The first kappa shape index (κ1) is 15.9. The summed E-state index contributed by atoms with van der Waals surface area (Å²) < 4.78 is 5.48. The molecule has 1 fully saturated rings. The van der Waals surface area contributed by atoms with Crippen LogP contribution in [-0.4, -0.2) is 37.7 Å². The Labute approximate surface area is 148 Å². The molecule has 0 radical (unpaired) electrons. The fraction of sp³-hybridized carbons (Fsp3) is 0.400. The summed E-state index contributed by atoms with van der Waals surface area (Å²) in [4.78, 5) is 7.78. The molecule has 0 N–H and O–H groups in total. The van der Waals surface area contributed by atoms with Gasteiger partial charge in [-0.25, -0.2) is 0 Å². The Bertz CT molecular complexity index is 733. The van der Waals surface area contributed by atoms with Crippen molar-refractivity contribution in [3.63, 3.8) is 0 Å². The van der Waals surface area contributed by atoms with Gasteiger partial charge in [-0.3, -0.25) is 4.90 Å². The molecule has 3 nitrogen and oxygen atoms in total. The van der Waals surface area contributed by atoms with Gasteiger partial charge < -0.3 is 9.64 Å². The van der Waals surface area contributed by atoms with Gasteiger partial charge in [0.05, 0.1) is 18.5 Å². The average Bonchev–Trinajstić information content (AvgIpc) is 3.08. The average molecular weight is 340 g/mol. The molecule has 126 valence electrons. The Balaban J connectivity index is 1.74. The zero-order valence-electron chi connectivity index (χ0n) is 14.4. The summed E-state index contributed by atoms with van der Waals surface area (Å²) in [5, 5.41) is 0. The van der Waals surface area contributed by atoms with Crippen molar-refractivity contribution in [1.29, 1.82) is 0 Å².